The predicted octanol–water partition coefficient (Wildman–Crippen LogP) is 2.89. The van der Waals surface area contributed by atoms with Crippen LogP contribution in [0.5, 0.6) is 11.5 Å². The highest BCUT2D eigenvalue weighted by atomic mass is 16.5. The van der Waals surface area contributed by atoms with E-state index in [-0.39, 0.29) is 5.56 Å². The van der Waals surface area contributed by atoms with Gasteiger partial charge < -0.3 is 19.0 Å². The van der Waals surface area contributed by atoms with Gasteiger partial charge in [0.2, 0.25) is 0 Å². The Bertz CT molecular complexity index is 1030. The first-order chi connectivity index (χ1) is 12.1. The number of ether oxygens (including phenoxy) is 2. The van der Waals surface area contributed by atoms with Gasteiger partial charge in [-0.15, -0.1) is 0 Å². The summed E-state index contributed by atoms with van der Waals surface area (Å²) < 4.78 is 16.0. The lowest BCUT2D eigenvalue weighted by molar-refractivity contribution is 0.394. The van der Waals surface area contributed by atoms with Crippen LogP contribution in [-0.2, 0) is 0 Å². The molecule has 3 aromatic rings. The third kappa shape index (κ3) is 2.97. The van der Waals surface area contributed by atoms with E-state index < -0.39 is 5.56 Å². The van der Waals surface area contributed by atoms with E-state index in [4.69, 9.17) is 19.3 Å². The van der Waals surface area contributed by atoms with E-state index in [0.29, 0.717) is 34.2 Å². The molecule has 0 amide bonds. The van der Waals surface area contributed by atoms with Crippen LogP contribution in [0.4, 0.5) is 0 Å². The quantitative estimate of drug-likeness (QED) is 0.785. The van der Waals surface area contributed by atoms with E-state index in [9.17, 15) is 4.79 Å². The molecule has 0 radical (unpaired) electrons. The van der Waals surface area contributed by atoms with Crippen molar-refractivity contribution in [2.75, 3.05) is 14.2 Å². The van der Waals surface area contributed by atoms with Gasteiger partial charge in [0.15, 0.2) is 5.76 Å². The molecule has 0 unspecified atom stereocenters. The predicted molar refractivity (Wildman–Crippen MR) is 90.6 cm³/mol. The van der Waals surface area contributed by atoms with Crippen LogP contribution in [0.1, 0.15) is 11.3 Å². The van der Waals surface area contributed by atoms with Crippen LogP contribution >= 0.6 is 0 Å². The van der Waals surface area contributed by atoms with Crippen molar-refractivity contribution in [3.63, 3.8) is 0 Å². The largest absolute Gasteiger partial charge is 0.497 e. The molecule has 7 heteroatoms. The summed E-state index contributed by atoms with van der Waals surface area (Å²) >= 11 is 0. The smallest absolute Gasteiger partial charge is 0.266 e. The van der Waals surface area contributed by atoms with Crippen LogP contribution in [0.25, 0.3) is 22.6 Å². The van der Waals surface area contributed by atoms with Crippen molar-refractivity contribution in [3.05, 3.63) is 51.9 Å². The molecule has 2 aromatic heterocycles. The fraction of sp³-hybridized carbons (Fsp3) is 0.167. The highest BCUT2D eigenvalue weighted by Crippen LogP contribution is 2.35. The summed E-state index contributed by atoms with van der Waals surface area (Å²) in [5.74, 6) is 1.70. The Morgan fingerprint density at radius 1 is 1.16 bits per heavy atom. The highest BCUT2D eigenvalue weighted by molar-refractivity contribution is 5.73. The summed E-state index contributed by atoms with van der Waals surface area (Å²) in [6.45, 7) is 1.73. The van der Waals surface area contributed by atoms with Crippen molar-refractivity contribution < 1.29 is 14.0 Å². The fourth-order valence-electron chi connectivity index (χ4n) is 2.50. The minimum atomic E-state index is -0.430. The van der Waals surface area contributed by atoms with Gasteiger partial charge in [0.05, 0.1) is 14.2 Å². The number of hydrogen-bond acceptors (Lipinski definition) is 6. The van der Waals surface area contributed by atoms with E-state index in [1.165, 1.54) is 6.07 Å². The highest BCUT2D eigenvalue weighted by Gasteiger charge is 2.16. The number of aromatic amines is 1. The molecular formula is C18H15N3O4. The average molecular weight is 337 g/mol. The summed E-state index contributed by atoms with van der Waals surface area (Å²) in [6.07, 6.45) is 0. The van der Waals surface area contributed by atoms with Gasteiger partial charge in [-0.05, 0) is 25.1 Å². The van der Waals surface area contributed by atoms with E-state index in [1.54, 1.807) is 39.3 Å². The summed E-state index contributed by atoms with van der Waals surface area (Å²) in [5, 5.41) is 13.1. The first kappa shape index (κ1) is 16.3. The summed E-state index contributed by atoms with van der Waals surface area (Å²) in [6, 6.07) is 10.4. The molecule has 3 rings (SSSR count). The lowest BCUT2D eigenvalue weighted by Crippen LogP contribution is -2.11. The second kappa shape index (κ2) is 6.53. The van der Waals surface area contributed by atoms with Crippen LogP contribution in [-0.4, -0.2) is 24.4 Å². The first-order valence-electron chi connectivity index (χ1n) is 7.41. The maximum atomic E-state index is 11.7. The minimum Gasteiger partial charge on any atom is -0.497 e. The number of methoxy groups -OCH3 is 2. The van der Waals surface area contributed by atoms with Crippen molar-refractivity contribution in [2.24, 2.45) is 0 Å². The van der Waals surface area contributed by atoms with Gasteiger partial charge in [-0.25, -0.2) is 0 Å². The van der Waals surface area contributed by atoms with E-state index in [0.717, 1.165) is 5.56 Å². The molecule has 0 aliphatic heterocycles. The number of benzene rings is 1. The zero-order chi connectivity index (χ0) is 18.0. The second-order valence-electron chi connectivity index (χ2n) is 5.31. The molecule has 0 aliphatic carbocycles. The molecule has 126 valence electrons. The Balaban J connectivity index is 2.08. The number of pyridine rings is 1. The maximum Gasteiger partial charge on any atom is 0.266 e. The summed E-state index contributed by atoms with van der Waals surface area (Å²) in [7, 11) is 3.14. The van der Waals surface area contributed by atoms with Gasteiger partial charge in [0, 0.05) is 29.0 Å². The third-order valence-electron chi connectivity index (χ3n) is 3.82. The van der Waals surface area contributed by atoms with Crippen LogP contribution in [0.2, 0.25) is 0 Å². The number of nitrogens with zero attached hydrogens (tertiary/aromatic N) is 2. The van der Waals surface area contributed by atoms with Gasteiger partial charge in [-0.1, -0.05) is 5.16 Å². The summed E-state index contributed by atoms with van der Waals surface area (Å²) in [4.78, 5) is 14.3. The van der Waals surface area contributed by atoms with Gasteiger partial charge in [0.1, 0.15) is 28.8 Å². The molecular weight excluding hydrogens is 322 g/mol. The van der Waals surface area contributed by atoms with Gasteiger partial charge >= 0.3 is 0 Å². The van der Waals surface area contributed by atoms with E-state index >= 15 is 0 Å². The minimum absolute atomic E-state index is 0.0144. The zero-order valence-electron chi connectivity index (χ0n) is 13.9. The van der Waals surface area contributed by atoms with Crippen molar-refractivity contribution in [2.45, 2.75) is 6.92 Å². The van der Waals surface area contributed by atoms with Crippen molar-refractivity contribution >= 4 is 0 Å². The summed E-state index contributed by atoms with van der Waals surface area (Å²) in [5.41, 5.74) is 2.08. The molecule has 0 saturated heterocycles. The molecule has 2 heterocycles. The third-order valence-corrected chi connectivity index (χ3v) is 3.82. The molecule has 0 atom stereocenters. The standard InChI is InChI=1S/C18H15N3O4/c1-10-14(6-11(9-19)18(22)20-10)17-8-15(21-25-17)13-5-4-12(23-2)7-16(13)24-3/h4-8H,1-3H3,(H,20,22). The Morgan fingerprint density at radius 2 is 1.96 bits per heavy atom. The Morgan fingerprint density at radius 3 is 2.64 bits per heavy atom. The number of aryl methyl sites for hydroxylation is 1. The number of H-pyrrole nitrogens is 1. The fourth-order valence-corrected chi connectivity index (χ4v) is 2.50. The number of hydrogen-bond donors (Lipinski definition) is 1. The number of rotatable bonds is 4. The lowest BCUT2D eigenvalue weighted by Gasteiger charge is -2.07. The molecule has 1 aromatic carbocycles. The number of aromatic nitrogens is 2. The normalized spacial score (nSPS) is 10.3. The molecule has 25 heavy (non-hydrogen) atoms. The average Bonchev–Trinajstić information content (AvgIpc) is 3.10. The molecule has 0 saturated carbocycles. The molecule has 0 spiro atoms. The SMILES string of the molecule is COc1ccc(-c2cc(-c3cc(C#N)c(=O)[nH]c3C)on2)c(OC)c1. The Hall–Kier alpha value is -3.53. The molecule has 0 fully saturated rings. The lowest BCUT2D eigenvalue weighted by atomic mass is 10.1. The van der Waals surface area contributed by atoms with Gasteiger partial charge in [0.25, 0.3) is 5.56 Å². The van der Waals surface area contributed by atoms with Crippen molar-refractivity contribution in [3.8, 4) is 40.1 Å². The molecule has 1 N–H and O–H groups in total. The second-order valence-corrected chi connectivity index (χ2v) is 5.31. The van der Waals surface area contributed by atoms with E-state index in [2.05, 4.69) is 10.1 Å². The first-order valence-corrected chi connectivity index (χ1v) is 7.41. The van der Waals surface area contributed by atoms with E-state index in [1.807, 2.05) is 12.1 Å². The number of nitriles is 1. The van der Waals surface area contributed by atoms with Crippen molar-refractivity contribution in [1.29, 1.82) is 5.26 Å². The van der Waals surface area contributed by atoms with Crippen LogP contribution < -0.4 is 15.0 Å². The monoisotopic (exact) mass is 337 g/mol. The Kier molecular flexibility index (Phi) is 4.27. The van der Waals surface area contributed by atoms with Crippen LogP contribution in [0, 0.1) is 18.3 Å². The van der Waals surface area contributed by atoms with Crippen LogP contribution in [0.3, 0.4) is 0 Å². The zero-order valence-corrected chi connectivity index (χ0v) is 13.9. The molecule has 0 bridgehead atoms. The van der Waals surface area contributed by atoms with Gasteiger partial charge in [-0.2, -0.15) is 5.26 Å². The Labute approximate surface area is 143 Å². The molecule has 7 nitrogen and oxygen atoms in total. The topological polar surface area (TPSA) is 101 Å². The van der Waals surface area contributed by atoms with Crippen molar-refractivity contribution in [1.82, 2.24) is 10.1 Å². The van der Waals surface area contributed by atoms with Crippen LogP contribution in [0.15, 0.2) is 39.6 Å². The molecule has 0 aliphatic rings. The maximum absolute atomic E-state index is 11.7. The number of nitrogens with one attached hydrogen (secondary N) is 1. The van der Waals surface area contributed by atoms with Gasteiger partial charge in [-0.3, -0.25) is 4.79 Å².